The first-order valence-corrected chi connectivity index (χ1v) is 6.87. The van der Waals surface area contributed by atoms with Crippen LogP contribution < -0.4 is 0 Å². The van der Waals surface area contributed by atoms with Crippen LogP contribution in [0.15, 0.2) is 34.9 Å². The van der Waals surface area contributed by atoms with Crippen LogP contribution in [0.3, 0.4) is 0 Å². The fourth-order valence-electron chi connectivity index (χ4n) is 2.31. The summed E-state index contributed by atoms with van der Waals surface area (Å²) in [5, 5.41) is 13.1. The standard InChI is InChI=1S/C15H17N3O3/c1-17-6-8-18(9-7-17)15(20)13-10-14(21-16-13)11-2-4-12(19)5-3-11/h2-5,10,19H,6-9H2,1H3. The lowest BCUT2D eigenvalue weighted by atomic mass is 10.1. The second-order valence-electron chi connectivity index (χ2n) is 5.22. The van der Waals surface area contributed by atoms with E-state index in [9.17, 15) is 9.90 Å². The molecule has 0 radical (unpaired) electrons. The molecule has 1 saturated heterocycles. The van der Waals surface area contributed by atoms with Gasteiger partial charge in [0.25, 0.3) is 5.91 Å². The average Bonchev–Trinajstić information content (AvgIpc) is 2.98. The molecule has 0 aliphatic carbocycles. The van der Waals surface area contributed by atoms with Crippen molar-refractivity contribution in [1.29, 1.82) is 0 Å². The Morgan fingerprint density at radius 1 is 1.19 bits per heavy atom. The van der Waals surface area contributed by atoms with Crippen LogP contribution in [0.1, 0.15) is 10.5 Å². The van der Waals surface area contributed by atoms with E-state index in [1.807, 2.05) is 7.05 Å². The number of likely N-dealkylation sites (N-methyl/N-ethyl adjacent to an activating group) is 1. The fraction of sp³-hybridized carbons (Fsp3) is 0.333. The van der Waals surface area contributed by atoms with Crippen LogP contribution in [0.2, 0.25) is 0 Å². The Bertz CT molecular complexity index is 628. The zero-order valence-electron chi connectivity index (χ0n) is 11.8. The number of aromatic hydroxyl groups is 1. The molecule has 6 nitrogen and oxygen atoms in total. The third-order valence-corrected chi connectivity index (χ3v) is 3.67. The number of nitrogens with zero attached hydrogens (tertiary/aromatic N) is 3. The van der Waals surface area contributed by atoms with E-state index in [0.717, 1.165) is 18.7 Å². The summed E-state index contributed by atoms with van der Waals surface area (Å²) in [7, 11) is 2.04. The molecule has 1 aromatic carbocycles. The van der Waals surface area contributed by atoms with Crippen molar-refractivity contribution in [2.75, 3.05) is 33.2 Å². The summed E-state index contributed by atoms with van der Waals surface area (Å²) in [6, 6.07) is 8.23. The molecule has 1 aliphatic rings. The lowest BCUT2D eigenvalue weighted by Gasteiger charge is -2.31. The second-order valence-corrected chi connectivity index (χ2v) is 5.22. The molecule has 1 aromatic heterocycles. The summed E-state index contributed by atoms with van der Waals surface area (Å²) in [5.74, 6) is 0.608. The van der Waals surface area contributed by atoms with Gasteiger partial charge in [-0.25, -0.2) is 0 Å². The number of phenols is 1. The number of carbonyl (C=O) groups is 1. The molecule has 0 saturated carbocycles. The van der Waals surface area contributed by atoms with Gasteiger partial charge in [0, 0.05) is 37.8 Å². The normalized spacial score (nSPS) is 16.1. The molecule has 2 aromatic rings. The van der Waals surface area contributed by atoms with Crippen LogP contribution in [0.4, 0.5) is 0 Å². The van der Waals surface area contributed by atoms with E-state index in [1.54, 1.807) is 35.2 Å². The molecular weight excluding hydrogens is 270 g/mol. The third-order valence-electron chi connectivity index (χ3n) is 3.67. The molecule has 0 unspecified atom stereocenters. The van der Waals surface area contributed by atoms with Crippen LogP contribution in [0.25, 0.3) is 11.3 Å². The number of carbonyl (C=O) groups excluding carboxylic acids is 1. The van der Waals surface area contributed by atoms with E-state index in [-0.39, 0.29) is 11.7 Å². The maximum atomic E-state index is 12.4. The quantitative estimate of drug-likeness (QED) is 0.905. The predicted molar refractivity (Wildman–Crippen MR) is 77.0 cm³/mol. The lowest BCUT2D eigenvalue weighted by molar-refractivity contribution is 0.0654. The van der Waals surface area contributed by atoms with Crippen molar-refractivity contribution >= 4 is 5.91 Å². The topological polar surface area (TPSA) is 69.8 Å². The summed E-state index contributed by atoms with van der Waals surface area (Å²) in [6.45, 7) is 3.15. The van der Waals surface area contributed by atoms with E-state index < -0.39 is 0 Å². The Morgan fingerprint density at radius 2 is 1.86 bits per heavy atom. The summed E-state index contributed by atoms with van der Waals surface area (Å²) in [4.78, 5) is 16.3. The number of rotatable bonds is 2. The molecule has 1 aliphatic heterocycles. The number of piperazine rings is 1. The van der Waals surface area contributed by atoms with E-state index in [1.165, 1.54) is 0 Å². The van der Waals surface area contributed by atoms with Gasteiger partial charge in [-0.2, -0.15) is 0 Å². The highest BCUT2D eigenvalue weighted by Crippen LogP contribution is 2.23. The molecule has 6 heteroatoms. The smallest absolute Gasteiger partial charge is 0.276 e. The van der Waals surface area contributed by atoms with Crippen molar-refractivity contribution in [3.63, 3.8) is 0 Å². The third kappa shape index (κ3) is 2.90. The van der Waals surface area contributed by atoms with Crippen molar-refractivity contribution in [1.82, 2.24) is 15.0 Å². The summed E-state index contributed by atoms with van der Waals surface area (Å²) >= 11 is 0. The Kier molecular flexibility index (Phi) is 3.62. The molecule has 1 N–H and O–H groups in total. The minimum atomic E-state index is -0.100. The Balaban J connectivity index is 1.75. The number of aromatic nitrogens is 1. The maximum Gasteiger partial charge on any atom is 0.276 e. The van der Waals surface area contributed by atoms with E-state index in [4.69, 9.17) is 4.52 Å². The molecule has 0 spiro atoms. The SMILES string of the molecule is CN1CCN(C(=O)c2cc(-c3ccc(O)cc3)on2)CC1. The number of hydrogen-bond donors (Lipinski definition) is 1. The maximum absolute atomic E-state index is 12.4. The van der Waals surface area contributed by atoms with Crippen molar-refractivity contribution in [3.8, 4) is 17.1 Å². The van der Waals surface area contributed by atoms with Gasteiger partial charge in [0.15, 0.2) is 11.5 Å². The van der Waals surface area contributed by atoms with Gasteiger partial charge in [-0.3, -0.25) is 4.79 Å². The first-order valence-electron chi connectivity index (χ1n) is 6.87. The van der Waals surface area contributed by atoms with Gasteiger partial charge in [0.05, 0.1) is 0 Å². The van der Waals surface area contributed by atoms with E-state index in [2.05, 4.69) is 10.1 Å². The summed E-state index contributed by atoms with van der Waals surface area (Å²) in [6.07, 6.45) is 0. The lowest BCUT2D eigenvalue weighted by Crippen LogP contribution is -2.47. The molecule has 0 bridgehead atoms. The molecule has 110 valence electrons. The van der Waals surface area contributed by atoms with E-state index >= 15 is 0 Å². The zero-order chi connectivity index (χ0) is 14.8. The first-order chi connectivity index (χ1) is 10.1. The van der Waals surface area contributed by atoms with Crippen molar-refractivity contribution in [3.05, 3.63) is 36.0 Å². The number of benzene rings is 1. The largest absolute Gasteiger partial charge is 0.508 e. The average molecular weight is 287 g/mol. The highest BCUT2D eigenvalue weighted by atomic mass is 16.5. The molecular formula is C15H17N3O3. The summed E-state index contributed by atoms with van der Waals surface area (Å²) in [5.41, 5.74) is 1.10. The zero-order valence-corrected chi connectivity index (χ0v) is 11.8. The molecule has 0 atom stereocenters. The van der Waals surface area contributed by atoms with Gasteiger partial charge in [-0.15, -0.1) is 0 Å². The van der Waals surface area contributed by atoms with Crippen LogP contribution in [-0.2, 0) is 0 Å². The van der Waals surface area contributed by atoms with Crippen molar-refractivity contribution in [2.24, 2.45) is 0 Å². The Labute approximate surface area is 122 Å². The highest BCUT2D eigenvalue weighted by Gasteiger charge is 2.23. The molecule has 2 heterocycles. The van der Waals surface area contributed by atoms with Crippen LogP contribution in [-0.4, -0.2) is 59.2 Å². The van der Waals surface area contributed by atoms with Gasteiger partial charge in [0.1, 0.15) is 5.75 Å². The monoisotopic (exact) mass is 287 g/mol. The second kappa shape index (κ2) is 5.57. The summed E-state index contributed by atoms with van der Waals surface area (Å²) < 4.78 is 5.23. The minimum absolute atomic E-state index is 0.100. The first kappa shape index (κ1) is 13.6. The fourth-order valence-corrected chi connectivity index (χ4v) is 2.31. The number of phenolic OH excluding ortho intramolecular Hbond substituents is 1. The van der Waals surface area contributed by atoms with Crippen LogP contribution in [0.5, 0.6) is 5.75 Å². The van der Waals surface area contributed by atoms with E-state index in [0.29, 0.717) is 24.5 Å². The van der Waals surface area contributed by atoms with Gasteiger partial charge in [-0.1, -0.05) is 5.16 Å². The molecule has 21 heavy (non-hydrogen) atoms. The number of hydrogen-bond acceptors (Lipinski definition) is 5. The number of amides is 1. The Hall–Kier alpha value is -2.34. The highest BCUT2D eigenvalue weighted by molar-refractivity contribution is 5.93. The molecule has 3 rings (SSSR count). The van der Waals surface area contributed by atoms with Crippen molar-refractivity contribution in [2.45, 2.75) is 0 Å². The van der Waals surface area contributed by atoms with Gasteiger partial charge in [0.2, 0.25) is 0 Å². The minimum Gasteiger partial charge on any atom is -0.508 e. The van der Waals surface area contributed by atoms with Gasteiger partial charge >= 0.3 is 0 Å². The molecule has 1 amide bonds. The van der Waals surface area contributed by atoms with Gasteiger partial charge < -0.3 is 19.4 Å². The van der Waals surface area contributed by atoms with Crippen molar-refractivity contribution < 1.29 is 14.4 Å². The van der Waals surface area contributed by atoms with Gasteiger partial charge in [-0.05, 0) is 31.3 Å². The predicted octanol–water partition coefficient (Wildman–Crippen LogP) is 1.43. The van der Waals surface area contributed by atoms with Crippen LogP contribution >= 0.6 is 0 Å². The molecule has 1 fully saturated rings. The Morgan fingerprint density at radius 3 is 2.52 bits per heavy atom. The van der Waals surface area contributed by atoms with Crippen LogP contribution in [0, 0.1) is 0 Å².